The first kappa shape index (κ1) is 23.4. The molecular formula is C22H23F3N2O5. The van der Waals surface area contributed by atoms with E-state index in [0.717, 1.165) is 12.1 Å². The molecule has 1 aliphatic heterocycles. The Morgan fingerprint density at radius 1 is 1.12 bits per heavy atom. The van der Waals surface area contributed by atoms with E-state index >= 15 is 0 Å². The maximum Gasteiger partial charge on any atom is 0.416 e. The Kier molecular flexibility index (Phi) is 7.57. The van der Waals surface area contributed by atoms with Crippen molar-refractivity contribution in [3.05, 3.63) is 54.1 Å². The highest BCUT2D eigenvalue weighted by Crippen LogP contribution is 2.35. The molecular weight excluding hydrogens is 429 g/mol. The summed E-state index contributed by atoms with van der Waals surface area (Å²) in [5.41, 5.74) is -0.482. The van der Waals surface area contributed by atoms with Crippen LogP contribution in [-0.2, 0) is 25.2 Å². The molecule has 2 aromatic carbocycles. The molecule has 0 aliphatic carbocycles. The zero-order chi connectivity index (χ0) is 23.1. The Labute approximate surface area is 183 Å². The van der Waals surface area contributed by atoms with Crippen LogP contribution in [-0.4, -0.2) is 50.9 Å². The highest BCUT2D eigenvalue weighted by Gasteiger charge is 2.32. The largest absolute Gasteiger partial charge is 0.479 e. The number of nitrogens with zero attached hydrogens (tertiary/aromatic N) is 1. The third-order valence-electron chi connectivity index (χ3n) is 4.68. The molecule has 10 heteroatoms. The smallest absolute Gasteiger partial charge is 0.416 e. The van der Waals surface area contributed by atoms with Crippen molar-refractivity contribution in [2.24, 2.45) is 0 Å². The van der Waals surface area contributed by atoms with Crippen molar-refractivity contribution < 1.29 is 37.0 Å². The van der Waals surface area contributed by atoms with Crippen molar-refractivity contribution in [3.63, 3.8) is 0 Å². The van der Waals surface area contributed by atoms with Gasteiger partial charge in [-0.15, -0.1) is 0 Å². The number of para-hydroxylation sites is 1. The van der Waals surface area contributed by atoms with Crippen LogP contribution < -0.4 is 15.0 Å². The van der Waals surface area contributed by atoms with E-state index in [4.69, 9.17) is 14.2 Å². The van der Waals surface area contributed by atoms with E-state index in [1.807, 2.05) is 4.90 Å². The molecule has 1 aliphatic rings. The molecule has 1 heterocycles. The Morgan fingerprint density at radius 2 is 1.81 bits per heavy atom. The van der Waals surface area contributed by atoms with E-state index in [1.165, 1.54) is 13.0 Å². The van der Waals surface area contributed by atoms with E-state index in [0.29, 0.717) is 37.7 Å². The van der Waals surface area contributed by atoms with Crippen molar-refractivity contribution in [2.45, 2.75) is 19.2 Å². The highest BCUT2D eigenvalue weighted by atomic mass is 19.4. The van der Waals surface area contributed by atoms with Crippen LogP contribution in [0.25, 0.3) is 0 Å². The van der Waals surface area contributed by atoms with Gasteiger partial charge in [-0.3, -0.25) is 4.79 Å². The molecule has 1 unspecified atom stereocenters. The van der Waals surface area contributed by atoms with E-state index in [1.54, 1.807) is 30.3 Å². The number of carbonyl (C=O) groups is 2. The van der Waals surface area contributed by atoms with Crippen molar-refractivity contribution >= 4 is 23.3 Å². The summed E-state index contributed by atoms with van der Waals surface area (Å²) >= 11 is 0. The van der Waals surface area contributed by atoms with Crippen LogP contribution in [0.5, 0.6) is 5.75 Å². The number of benzene rings is 2. The van der Waals surface area contributed by atoms with Gasteiger partial charge in [0.2, 0.25) is 0 Å². The minimum atomic E-state index is -4.57. The number of nitrogens with one attached hydrogen (secondary N) is 1. The average molecular weight is 452 g/mol. The van der Waals surface area contributed by atoms with Gasteiger partial charge in [0.05, 0.1) is 30.2 Å². The topological polar surface area (TPSA) is 77.1 Å². The molecule has 3 rings (SSSR count). The summed E-state index contributed by atoms with van der Waals surface area (Å²) in [4.78, 5) is 26.3. The molecule has 1 fully saturated rings. The monoisotopic (exact) mass is 452 g/mol. The number of morpholine rings is 1. The molecule has 0 saturated carbocycles. The van der Waals surface area contributed by atoms with E-state index in [2.05, 4.69) is 5.32 Å². The second-order valence-electron chi connectivity index (χ2n) is 7.06. The number of anilines is 2. The second-order valence-corrected chi connectivity index (χ2v) is 7.06. The summed E-state index contributed by atoms with van der Waals surface area (Å²) in [5.74, 6) is -1.08. The fraction of sp³-hybridized carbons (Fsp3) is 0.364. The van der Waals surface area contributed by atoms with Crippen LogP contribution in [0, 0.1) is 0 Å². The molecule has 1 N–H and O–H groups in total. The number of hydrogen-bond donors (Lipinski definition) is 1. The third kappa shape index (κ3) is 6.36. The summed E-state index contributed by atoms with van der Waals surface area (Å²) in [6.07, 6.45) is -5.54. The van der Waals surface area contributed by atoms with Gasteiger partial charge in [-0.25, -0.2) is 4.79 Å². The highest BCUT2D eigenvalue weighted by molar-refractivity contribution is 5.96. The Hall–Kier alpha value is -3.27. The fourth-order valence-corrected chi connectivity index (χ4v) is 3.08. The number of amides is 1. The third-order valence-corrected chi connectivity index (χ3v) is 4.68. The standard InChI is InChI=1S/C22H23F3N2O5/c1-15(32-17-5-3-2-4-6-17)21(29)31-14-20(28)26-18-13-16(22(23,24)25)7-8-19(18)27-9-11-30-12-10-27/h2-8,13,15H,9-12,14H2,1H3,(H,26,28). The van der Waals surface area contributed by atoms with E-state index in [9.17, 15) is 22.8 Å². The van der Waals surface area contributed by atoms with Gasteiger partial charge in [0.25, 0.3) is 5.91 Å². The first-order valence-electron chi connectivity index (χ1n) is 9.96. The van der Waals surface area contributed by atoms with Gasteiger partial charge >= 0.3 is 12.1 Å². The molecule has 2 aromatic rings. The molecule has 1 atom stereocenters. The van der Waals surface area contributed by atoms with Crippen LogP contribution in [0.4, 0.5) is 24.5 Å². The molecule has 172 valence electrons. The maximum absolute atomic E-state index is 13.2. The molecule has 1 saturated heterocycles. The van der Waals surface area contributed by atoms with Crippen LogP contribution in [0.2, 0.25) is 0 Å². The van der Waals surface area contributed by atoms with Crippen LogP contribution in [0.1, 0.15) is 12.5 Å². The first-order valence-corrected chi connectivity index (χ1v) is 9.96. The molecule has 7 nitrogen and oxygen atoms in total. The van der Waals surface area contributed by atoms with Crippen LogP contribution >= 0.6 is 0 Å². The molecule has 0 spiro atoms. The van der Waals surface area contributed by atoms with E-state index < -0.39 is 36.3 Å². The predicted molar refractivity (Wildman–Crippen MR) is 111 cm³/mol. The summed E-state index contributed by atoms with van der Waals surface area (Å²) < 4.78 is 55.2. The molecule has 32 heavy (non-hydrogen) atoms. The van der Waals surface area contributed by atoms with Gasteiger partial charge < -0.3 is 24.4 Å². The second kappa shape index (κ2) is 10.4. The Balaban J connectivity index is 1.64. The van der Waals surface area contributed by atoms with Gasteiger partial charge in [-0.05, 0) is 37.3 Å². The number of halogens is 3. The van der Waals surface area contributed by atoms with E-state index in [-0.39, 0.29) is 5.69 Å². The van der Waals surface area contributed by atoms with Gasteiger partial charge in [0, 0.05) is 13.1 Å². The van der Waals surface area contributed by atoms with Crippen molar-refractivity contribution in [1.29, 1.82) is 0 Å². The van der Waals surface area contributed by atoms with Crippen molar-refractivity contribution in [1.82, 2.24) is 0 Å². The van der Waals surface area contributed by atoms with Crippen molar-refractivity contribution in [2.75, 3.05) is 43.1 Å². The number of carbonyl (C=O) groups excluding carboxylic acids is 2. The number of esters is 1. The number of hydrogen-bond acceptors (Lipinski definition) is 6. The molecule has 0 radical (unpaired) electrons. The van der Waals surface area contributed by atoms with Gasteiger partial charge in [0.1, 0.15) is 5.75 Å². The predicted octanol–water partition coefficient (Wildman–Crippen LogP) is 3.49. The lowest BCUT2D eigenvalue weighted by Crippen LogP contribution is -2.37. The lowest BCUT2D eigenvalue weighted by molar-refractivity contribution is -0.153. The summed E-state index contributed by atoms with van der Waals surface area (Å²) in [5, 5.41) is 2.42. The quantitative estimate of drug-likeness (QED) is 0.649. The Bertz CT molecular complexity index is 931. The minimum absolute atomic E-state index is 0.0173. The number of alkyl halides is 3. The number of ether oxygens (including phenoxy) is 3. The zero-order valence-corrected chi connectivity index (χ0v) is 17.4. The lowest BCUT2D eigenvalue weighted by Gasteiger charge is -2.31. The molecule has 0 bridgehead atoms. The van der Waals surface area contributed by atoms with Crippen molar-refractivity contribution in [3.8, 4) is 5.75 Å². The summed E-state index contributed by atoms with van der Waals surface area (Å²) in [7, 11) is 0. The maximum atomic E-state index is 13.2. The zero-order valence-electron chi connectivity index (χ0n) is 17.4. The molecule has 1 amide bonds. The van der Waals surface area contributed by atoms with Crippen LogP contribution in [0.15, 0.2) is 48.5 Å². The average Bonchev–Trinajstić information content (AvgIpc) is 2.78. The van der Waals surface area contributed by atoms with Gasteiger partial charge in [-0.2, -0.15) is 13.2 Å². The normalized spacial score (nSPS) is 15.1. The number of rotatable bonds is 7. The van der Waals surface area contributed by atoms with Gasteiger partial charge in [0.15, 0.2) is 12.7 Å². The minimum Gasteiger partial charge on any atom is -0.479 e. The Morgan fingerprint density at radius 3 is 2.47 bits per heavy atom. The SMILES string of the molecule is CC(Oc1ccccc1)C(=O)OCC(=O)Nc1cc(C(F)(F)F)ccc1N1CCOCC1. The lowest BCUT2D eigenvalue weighted by atomic mass is 10.1. The van der Waals surface area contributed by atoms with Crippen LogP contribution in [0.3, 0.4) is 0 Å². The molecule has 0 aromatic heterocycles. The summed E-state index contributed by atoms with van der Waals surface area (Å²) in [6, 6.07) is 11.7. The summed E-state index contributed by atoms with van der Waals surface area (Å²) in [6.45, 7) is 2.59. The fourth-order valence-electron chi connectivity index (χ4n) is 3.08. The van der Waals surface area contributed by atoms with Gasteiger partial charge in [-0.1, -0.05) is 18.2 Å². The first-order chi connectivity index (χ1) is 15.2.